The maximum atomic E-state index is 11.2. The van der Waals surface area contributed by atoms with E-state index in [4.69, 9.17) is 16.4 Å². The normalized spacial score (nSPS) is 12.2. The van der Waals surface area contributed by atoms with Gasteiger partial charge in [-0.1, -0.05) is 20.8 Å². The average Bonchev–Trinajstić information content (AvgIpc) is 2.53. The van der Waals surface area contributed by atoms with Crippen LogP contribution in [0.25, 0.3) is 5.53 Å². The van der Waals surface area contributed by atoms with Crippen LogP contribution in [0.2, 0.25) is 0 Å². The summed E-state index contributed by atoms with van der Waals surface area (Å²) in [6.07, 6.45) is 0.422. The van der Waals surface area contributed by atoms with Gasteiger partial charge in [-0.3, -0.25) is 9.59 Å². The van der Waals surface area contributed by atoms with Crippen LogP contribution in [-0.2, 0) is 14.4 Å². The molecule has 0 aromatic heterocycles. The minimum Gasteiger partial charge on any atom is -0.480 e. The van der Waals surface area contributed by atoms with Gasteiger partial charge in [-0.2, -0.15) is 4.79 Å². The summed E-state index contributed by atoms with van der Waals surface area (Å²) in [5.41, 5.74) is 13.3. The van der Waals surface area contributed by atoms with Gasteiger partial charge in [0, 0.05) is 6.42 Å². The van der Waals surface area contributed by atoms with E-state index in [1.54, 1.807) is 0 Å². The van der Waals surface area contributed by atoms with Crippen molar-refractivity contribution in [1.29, 1.82) is 0 Å². The Bertz CT molecular complexity index is 438. The number of aliphatic carboxylic acids is 1. The van der Waals surface area contributed by atoms with E-state index < -0.39 is 29.7 Å². The van der Waals surface area contributed by atoms with Gasteiger partial charge in [0.25, 0.3) is 0 Å². The lowest BCUT2D eigenvalue weighted by Crippen LogP contribution is -2.47. The number of rotatable bonds is 10. The second-order valence-corrected chi connectivity index (χ2v) is 5.06. The minimum atomic E-state index is -1.26. The minimum absolute atomic E-state index is 0.0986. The van der Waals surface area contributed by atoms with Gasteiger partial charge >= 0.3 is 12.2 Å². The van der Waals surface area contributed by atoms with E-state index in [1.807, 2.05) is 0 Å². The van der Waals surface area contributed by atoms with Gasteiger partial charge in [-0.25, -0.2) is 4.79 Å². The van der Waals surface area contributed by atoms with Gasteiger partial charge in [0.1, 0.15) is 6.04 Å². The standard InChI is InChI=1S/C9H14N4O4.C6H15N/c1-5(10)8(15)13-7(9(16)17)3-2-6(14)4-12-11;1-4-7(5-2)6-3/h4-5,7H,2-3,10H2,1H3,(H,13,15)(H,16,17);4-6H2,1-3H3/t5-,7-;/m0./s1. The van der Waals surface area contributed by atoms with Crippen molar-refractivity contribution >= 4 is 23.9 Å². The van der Waals surface area contributed by atoms with E-state index in [9.17, 15) is 14.4 Å². The van der Waals surface area contributed by atoms with Gasteiger partial charge in [-0.15, -0.1) is 0 Å². The molecule has 0 aliphatic carbocycles. The number of hydrogen-bond acceptors (Lipinski definition) is 5. The molecule has 0 heterocycles. The number of ketones is 1. The quantitative estimate of drug-likeness (QED) is 0.286. The SMILES string of the molecule is CCN(CC)CC.C[C@H](N)C(=O)N[C@@H](CCC(=O)C=[N+]=[N-])C(=O)O. The molecule has 0 unspecified atom stereocenters. The molecule has 9 nitrogen and oxygen atoms in total. The highest BCUT2D eigenvalue weighted by molar-refractivity contribution is 6.25. The lowest BCUT2D eigenvalue weighted by Gasteiger charge is -2.14. The topological polar surface area (TPSA) is 149 Å². The summed E-state index contributed by atoms with van der Waals surface area (Å²) >= 11 is 0. The number of carboxylic acids is 1. The molecule has 9 heteroatoms. The third kappa shape index (κ3) is 12.5. The first-order valence-electron chi connectivity index (χ1n) is 7.94. The number of hydrogen-bond donors (Lipinski definition) is 3. The predicted molar refractivity (Wildman–Crippen MR) is 90.6 cm³/mol. The Balaban J connectivity index is 0. The molecular weight excluding hydrogens is 314 g/mol. The Morgan fingerprint density at radius 1 is 1.25 bits per heavy atom. The maximum Gasteiger partial charge on any atom is 0.326 e. The maximum absolute atomic E-state index is 11.2. The second kappa shape index (κ2) is 14.5. The number of nitrogens with one attached hydrogen (secondary N) is 1. The van der Waals surface area contributed by atoms with E-state index in [2.05, 4.69) is 35.8 Å². The van der Waals surface area contributed by atoms with Crippen molar-refractivity contribution in [3.8, 4) is 0 Å². The van der Waals surface area contributed by atoms with E-state index in [0.717, 1.165) is 0 Å². The van der Waals surface area contributed by atoms with E-state index in [-0.39, 0.29) is 12.8 Å². The van der Waals surface area contributed by atoms with Crippen molar-refractivity contribution < 1.29 is 24.3 Å². The molecule has 1 amide bonds. The molecular formula is C15H29N5O4. The zero-order valence-corrected chi connectivity index (χ0v) is 14.9. The fourth-order valence-electron chi connectivity index (χ4n) is 1.65. The lowest BCUT2D eigenvalue weighted by molar-refractivity contribution is -0.142. The first kappa shape index (κ1) is 24.2. The molecule has 0 aliphatic heterocycles. The molecule has 0 spiro atoms. The summed E-state index contributed by atoms with van der Waals surface area (Å²) in [6.45, 7) is 11.5. The number of carboxylic acid groups (broad SMARTS) is 1. The first-order chi connectivity index (χ1) is 11.2. The van der Waals surface area contributed by atoms with Crippen LogP contribution in [0.15, 0.2) is 0 Å². The molecule has 0 radical (unpaired) electrons. The van der Waals surface area contributed by atoms with Crippen LogP contribution in [0.4, 0.5) is 0 Å². The fraction of sp³-hybridized carbons (Fsp3) is 0.733. The predicted octanol–water partition coefficient (Wildman–Crippen LogP) is -0.0990. The molecule has 0 bridgehead atoms. The van der Waals surface area contributed by atoms with E-state index in [0.29, 0.717) is 6.21 Å². The van der Waals surface area contributed by atoms with Crippen molar-refractivity contribution in [2.45, 2.75) is 52.6 Å². The number of amides is 1. The number of Topliss-reactive ketones (excluding diaryl/α,β-unsaturated/α-hetero) is 1. The summed E-state index contributed by atoms with van der Waals surface area (Å²) in [7, 11) is 0. The second-order valence-electron chi connectivity index (χ2n) is 5.06. The molecule has 138 valence electrons. The van der Waals surface area contributed by atoms with Crippen LogP contribution in [0, 0.1) is 0 Å². The van der Waals surface area contributed by atoms with Crippen LogP contribution in [-0.4, -0.2) is 70.4 Å². The van der Waals surface area contributed by atoms with E-state index in [1.165, 1.54) is 26.6 Å². The van der Waals surface area contributed by atoms with Crippen molar-refractivity contribution in [2.24, 2.45) is 5.73 Å². The smallest absolute Gasteiger partial charge is 0.326 e. The van der Waals surface area contributed by atoms with Crippen molar-refractivity contribution in [2.75, 3.05) is 19.6 Å². The number of carbonyl (C=O) groups is 3. The zero-order valence-electron chi connectivity index (χ0n) is 14.9. The highest BCUT2D eigenvalue weighted by atomic mass is 16.4. The molecule has 0 aliphatic rings. The third-order valence-electron chi connectivity index (χ3n) is 3.25. The Labute approximate surface area is 142 Å². The van der Waals surface area contributed by atoms with Crippen LogP contribution >= 0.6 is 0 Å². The van der Waals surface area contributed by atoms with Crippen LogP contribution in [0.3, 0.4) is 0 Å². The Morgan fingerprint density at radius 2 is 1.75 bits per heavy atom. The molecule has 0 aromatic carbocycles. The van der Waals surface area contributed by atoms with Gasteiger partial charge in [0.15, 0.2) is 0 Å². The summed E-state index contributed by atoms with van der Waals surface area (Å²) in [5, 5.41) is 11.0. The Hall–Kier alpha value is -2.09. The summed E-state index contributed by atoms with van der Waals surface area (Å²) in [4.78, 5) is 37.8. The molecule has 0 rings (SSSR count). The van der Waals surface area contributed by atoms with Crippen molar-refractivity contribution in [1.82, 2.24) is 10.2 Å². The monoisotopic (exact) mass is 343 g/mol. The average molecular weight is 343 g/mol. The fourth-order valence-corrected chi connectivity index (χ4v) is 1.65. The molecule has 2 atom stereocenters. The molecule has 24 heavy (non-hydrogen) atoms. The number of nitrogens with zero attached hydrogens (tertiary/aromatic N) is 3. The molecule has 0 saturated carbocycles. The lowest BCUT2D eigenvalue weighted by atomic mass is 10.1. The Kier molecular flexibility index (Phi) is 14.6. The van der Waals surface area contributed by atoms with Gasteiger partial charge in [0.05, 0.1) is 6.04 Å². The van der Waals surface area contributed by atoms with Crippen LogP contribution in [0.5, 0.6) is 0 Å². The number of carbonyl (C=O) groups excluding carboxylic acids is 2. The van der Waals surface area contributed by atoms with Crippen molar-refractivity contribution in [3.05, 3.63) is 5.53 Å². The van der Waals surface area contributed by atoms with E-state index >= 15 is 0 Å². The van der Waals surface area contributed by atoms with Crippen molar-refractivity contribution in [3.63, 3.8) is 0 Å². The van der Waals surface area contributed by atoms with Crippen LogP contribution in [0.1, 0.15) is 40.5 Å². The zero-order chi connectivity index (χ0) is 19.1. The first-order valence-corrected chi connectivity index (χ1v) is 7.94. The molecule has 0 aromatic rings. The largest absolute Gasteiger partial charge is 0.480 e. The molecule has 4 N–H and O–H groups in total. The summed E-state index contributed by atoms with van der Waals surface area (Å²) in [6, 6.07) is -2.02. The molecule has 0 saturated heterocycles. The third-order valence-corrected chi connectivity index (χ3v) is 3.25. The van der Waals surface area contributed by atoms with Gasteiger partial charge < -0.3 is 26.6 Å². The highest BCUT2D eigenvalue weighted by Gasteiger charge is 2.22. The van der Waals surface area contributed by atoms with Gasteiger partial charge in [0.2, 0.25) is 11.7 Å². The van der Waals surface area contributed by atoms with Gasteiger partial charge in [-0.05, 0) is 33.0 Å². The summed E-state index contributed by atoms with van der Waals surface area (Å²) in [5.74, 6) is -2.40. The highest BCUT2D eigenvalue weighted by Crippen LogP contribution is 1.98. The Morgan fingerprint density at radius 3 is 2.04 bits per heavy atom. The summed E-state index contributed by atoms with van der Waals surface area (Å²) < 4.78 is 0. The number of nitrogens with two attached hydrogens (primary N) is 1. The molecule has 0 fully saturated rings. The van der Waals surface area contributed by atoms with Crippen LogP contribution < -0.4 is 11.1 Å².